The molecular formula is C18H24ClN. The number of halogens is 1. The third kappa shape index (κ3) is 3.10. The fourth-order valence-corrected chi connectivity index (χ4v) is 3.89. The summed E-state index contributed by atoms with van der Waals surface area (Å²) in [6.45, 7) is 1.24. The molecule has 0 N–H and O–H groups in total. The van der Waals surface area contributed by atoms with Crippen molar-refractivity contribution in [3.63, 3.8) is 0 Å². The molecule has 1 heterocycles. The molecular weight excluding hydrogens is 266 g/mol. The van der Waals surface area contributed by atoms with Crippen molar-refractivity contribution in [2.24, 2.45) is 0 Å². The smallest absolute Gasteiger partial charge is 0.0406 e. The van der Waals surface area contributed by atoms with Gasteiger partial charge in [-0.15, -0.1) is 0 Å². The molecule has 0 aromatic heterocycles. The third-order valence-electron chi connectivity index (χ3n) is 4.95. The number of hydrogen-bond acceptors (Lipinski definition) is 1. The first-order chi connectivity index (χ1) is 9.74. The van der Waals surface area contributed by atoms with Crippen molar-refractivity contribution in [1.29, 1.82) is 0 Å². The standard InChI is InChI=1S/C18H24ClN/c1-20-13-12-15-4-2-3-5-17(15)18(20)11-8-14-6-9-16(19)10-7-14/h6-7,9-10,18H,2-5,8,11-13H2,1H3. The van der Waals surface area contributed by atoms with Gasteiger partial charge in [0, 0.05) is 17.6 Å². The molecule has 0 amide bonds. The van der Waals surface area contributed by atoms with E-state index in [0.717, 1.165) is 11.4 Å². The Morgan fingerprint density at radius 3 is 2.65 bits per heavy atom. The molecule has 1 nitrogen and oxygen atoms in total. The minimum atomic E-state index is 0.676. The molecule has 1 aliphatic carbocycles. The van der Waals surface area contributed by atoms with E-state index in [-0.39, 0.29) is 0 Å². The molecule has 20 heavy (non-hydrogen) atoms. The fourth-order valence-electron chi connectivity index (χ4n) is 3.76. The van der Waals surface area contributed by atoms with E-state index in [2.05, 4.69) is 24.1 Å². The van der Waals surface area contributed by atoms with Gasteiger partial charge in [0.15, 0.2) is 0 Å². The summed E-state index contributed by atoms with van der Waals surface area (Å²) in [5.74, 6) is 0. The Labute approximate surface area is 127 Å². The maximum Gasteiger partial charge on any atom is 0.0406 e. The van der Waals surface area contributed by atoms with Crippen LogP contribution in [0.25, 0.3) is 0 Å². The van der Waals surface area contributed by atoms with Crippen molar-refractivity contribution in [2.75, 3.05) is 13.6 Å². The van der Waals surface area contributed by atoms with Crippen molar-refractivity contribution < 1.29 is 0 Å². The molecule has 0 bridgehead atoms. The van der Waals surface area contributed by atoms with Gasteiger partial charge in [0.25, 0.3) is 0 Å². The van der Waals surface area contributed by atoms with Gasteiger partial charge < -0.3 is 0 Å². The van der Waals surface area contributed by atoms with Crippen LogP contribution < -0.4 is 0 Å². The maximum absolute atomic E-state index is 5.96. The van der Waals surface area contributed by atoms with Crippen molar-refractivity contribution in [1.82, 2.24) is 4.90 Å². The van der Waals surface area contributed by atoms with Crippen LogP contribution in [0.4, 0.5) is 0 Å². The van der Waals surface area contributed by atoms with Gasteiger partial charge in [0.1, 0.15) is 0 Å². The van der Waals surface area contributed by atoms with Gasteiger partial charge in [-0.25, -0.2) is 0 Å². The van der Waals surface area contributed by atoms with Gasteiger partial charge in [-0.05, 0) is 69.7 Å². The Bertz CT molecular complexity index is 489. The summed E-state index contributed by atoms with van der Waals surface area (Å²) in [7, 11) is 2.30. The molecule has 108 valence electrons. The summed E-state index contributed by atoms with van der Waals surface area (Å²) in [5, 5.41) is 0.834. The normalized spacial score (nSPS) is 23.8. The van der Waals surface area contributed by atoms with Crippen LogP contribution in [-0.2, 0) is 6.42 Å². The minimum absolute atomic E-state index is 0.676. The molecule has 0 radical (unpaired) electrons. The van der Waals surface area contributed by atoms with E-state index in [1.165, 1.54) is 50.6 Å². The summed E-state index contributed by atoms with van der Waals surface area (Å²) in [5.41, 5.74) is 4.97. The quantitative estimate of drug-likeness (QED) is 0.719. The van der Waals surface area contributed by atoms with E-state index in [4.69, 9.17) is 11.6 Å². The van der Waals surface area contributed by atoms with Gasteiger partial charge in [0.05, 0.1) is 0 Å². The second-order valence-electron chi connectivity index (χ2n) is 6.25. The predicted octanol–water partition coefficient (Wildman–Crippen LogP) is 4.85. The Balaban J connectivity index is 1.69. The first-order valence-corrected chi connectivity index (χ1v) is 8.27. The molecule has 0 saturated heterocycles. The number of likely N-dealkylation sites (N-methyl/N-ethyl adjacent to an activating group) is 1. The second kappa shape index (κ2) is 6.32. The largest absolute Gasteiger partial charge is 0.299 e. The highest BCUT2D eigenvalue weighted by atomic mass is 35.5. The Morgan fingerprint density at radius 2 is 1.85 bits per heavy atom. The van der Waals surface area contributed by atoms with E-state index < -0.39 is 0 Å². The second-order valence-corrected chi connectivity index (χ2v) is 6.68. The molecule has 1 atom stereocenters. The van der Waals surface area contributed by atoms with Gasteiger partial charge in [-0.2, -0.15) is 0 Å². The molecule has 1 aromatic carbocycles. The summed E-state index contributed by atoms with van der Waals surface area (Å²) >= 11 is 5.96. The van der Waals surface area contributed by atoms with Gasteiger partial charge in [-0.1, -0.05) is 34.9 Å². The number of aryl methyl sites for hydroxylation is 1. The molecule has 1 unspecified atom stereocenters. The monoisotopic (exact) mass is 289 g/mol. The lowest BCUT2D eigenvalue weighted by Gasteiger charge is -2.39. The van der Waals surface area contributed by atoms with Crippen LogP contribution in [0.15, 0.2) is 35.4 Å². The van der Waals surface area contributed by atoms with E-state index in [9.17, 15) is 0 Å². The minimum Gasteiger partial charge on any atom is -0.299 e. The number of rotatable bonds is 3. The van der Waals surface area contributed by atoms with Crippen LogP contribution in [0.5, 0.6) is 0 Å². The summed E-state index contributed by atoms with van der Waals surface area (Å²) in [6.07, 6.45) is 9.21. The summed E-state index contributed by atoms with van der Waals surface area (Å²) in [6, 6.07) is 9.03. The Hall–Kier alpha value is -0.790. The lowest BCUT2D eigenvalue weighted by molar-refractivity contribution is 0.233. The number of benzene rings is 1. The number of nitrogens with zero attached hydrogens (tertiary/aromatic N) is 1. The summed E-state index contributed by atoms with van der Waals surface area (Å²) < 4.78 is 0. The zero-order valence-corrected chi connectivity index (χ0v) is 13.1. The first-order valence-electron chi connectivity index (χ1n) is 7.89. The van der Waals surface area contributed by atoms with Crippen LogP contribution in [0.3, 0.4) is 0 Å². The highest BCUT2D eigenvalue weighted by Crippen LogP contribution is 2.35. The van der Waals surface area contributed by atoms with Gasteiger partial charge in [0.2, 0.25) is 0 Å². The molecule has 2 heteroatoms. The number of hydrogen-bond donors (Lipinski definition) is 0. The summed E-state index contributed by atoms with van der Waals surface area (Å²) in [4.78, 5) is 2.57. The van der Waals surface area contributed by atoms with E-state index in [1.807, 2.05) is 12.1 Å². The molecule has 0 fully saturated rings. The van der Waals surface area contributed by atoms with Crippen molar-refractivity contribution in [2.45, 2.75) is 51.0 Å². The van der Waals surface area contributed by atoms with Crippen LogP contribution >= 0.6 is 11.6 Å². The lowest BCUT2D eigenvalue weighted by Crippen LogP contribution is -2.39. The lowest BCUT2D eigenvalue weighted by atomic mass is 9.81. The fraction of sp³-hybridized carbons (Fsp3) is 0.556. The highest BCUT2D eigenvalue weighted by Gasteiger charge is 2.28. The van der Waals surface area contributed by atoms with E-state index in [1.54, 1.807) is 11.1 Å². The third-order valence-corrected chi connectivity index (χ3v) is 5.20. The predicted molar refractivity (Wildman–Crippen MR) is 86.3 cm³/mol. The molecule has 0 saturated carbocycles. The van der Waals surface area contributed by atoms with Gasteiger partial charge in [-0.3, -0.25) is 4.90 Å². The highest BCUT2D eigenvalue weighted by molar-refractivity contribution is 6.30. The van der Waals surface area contributed by atoms with Crippen molar-refractivity contribution >= 4 is 11.6 Å². The van der Waals surface area contributed by atoms with Crippen LogP contribution in [0.1, 0.15) is 44.1 Å². The molecule has 1 aromatic rings. The average Bonchev–Trinajstić information content (AvgIpc) is 2.48. The van der Waals surface area contributed by atoms with Crippen molar-refractivity contribution in [3.8, 4) is 0 Å². The molecule has 2 aliphatic rings. The zero-order chi connectivity index (χ0) is 13.9. The molecule has 3 rings (SSSR count). The molecule has 1 aliphatic heterocycles. The van der Waals surface area contributed by atoms with E-state index >= 15 is 0 Å². The van der Waals surface area contributed by atoms with Gasteiger partial charge >= 0.3 is 0 Å². The van der Waals surface area contributed by atoms with Crippen LogP contribution in [0, 0.1) is 0 Å². The Morgan fingerprint density at radius 1 is 1.10 bits per heavy atom. The zero-order valence-electron chi connectivity index (χ0n) is 12.4. The first kappa shape index (κ1) is 14.2. The maximum atomic E-state index is 5.96. The van der Waals surface area contributed by atoms with Crippen molar-refractivity contribution in [3.05, 3.63) is 46.0 Å². The Kier molecular flexibility index (Phi) is 4.48. The van der Waals surface area contributed by atoms with E-state index in [0.29, 0.717) is 6.04 Å². The SMILES string of the molecule is CN1CCC2=C(CCCC2)C1CCc1ccc(Cl)cc1. The molecule has 0 spiro atoms. The average molecular weight is 290 g/mol. The topological polar surface area (TPSA) is 3.24 Å². The van der Waals surface area contributed by atoms with Crippen LogP contribution in [-0.4, -0.2) is 24.5 Å². The van der Waals surface area contributed by atoms with Crippen LogP contribution in [0.2, 0.25) is 5.02 Å².